The van der Waals surface area contributed by atoms with Gasteiger partial charge in [0.1, 0.15) is 5.75 Å². The highest BCUT2D eigenvalue weighted by Crippen LogP contribution is 2.31. The second kappa shape index (κ2) is 9.84. The standard InChI is InChI=1S/C26H25N3O4S/c1-3-29(21-11-5-4-6-12-21)34(31,32)23-14-15-25(33-2)24(19-23)27-26(30)20-10-9-13-22(18-20)28-16-7-8-17-28/h4-19H,3H2,1-2H3,(H,27,30). The van der Waals surface area contributed by atoms with Crippen LogP contribution < -0.4 is 14.4 Å². The maximum absolute atomic E-state index is 13.4. The lowest BCUT2D eigenvalue weighted by molar-refractivity contribution is 0.102. The quantitative estimate of drug-likeness (QED) is 0.391. The molecule has 0 atom stereocenters. The van der Waals surface area contributed by atoms with E-state index in [-0.39, 0.29) is 23.0 Å². The first-order chi connectivity index (χ1) is 16.4. The molecule has 34 heavy (non-hydrogen) atoms. The van der Waals surface area contributed by atoms with E-state index in [0.29, 0.717) is 17.0 Å². The average molecular weight is 476 g/mol. The van der Waals surface area contributed by atoms with Crippen molar-refractivity contribution in [1.82, 2.24) is 4.57 Å². The first-order valence-corrected chi connectivity index (χ1v) is 12.2. The Kier molecular flexibility index (Phi) is 6.70. The number of rotatable bonds is 8. The number of methoxy groups -OCH3 is 1. The topological polar surface area (TPSA) is 80.6 Å². The molecule has 3 aromatic carbocycles. The molecule has 0 unspecified atom stereocenters. The first-order valence-electron chi connectivity index (χ1n) is 10.7. The molecule has 7 nitrogen and oxygen atoms in total. The second-order valence-electron chi connectivity index (χ2n) is 7.46. The highest BCUT2D eigenvalue weighted by Gasteiger charge is 2.25. The van der Waals surface area contributed by atoms with Gasteiger partial charge in [-0.3, -0.25) is 9.10 Å². The van der Waals surface area contributed by atoms with Crippen molar-refractivity contribution in [1.29, 1.82) is 0 Å². The Hall–Kier alpha value is -4.04. The van der Waals surface area contributed by atoms with Gasteiger partial charge in [-0.15, -0.1) is 0 Å². The summed E-state index contributed by atoms with van der Waals surface area (Å²) in [5.74, 6) is -0.0196. The Balaban J connectivity index is 1.66. The van der Waals surface area contributed by atoms with Crippen molar-refractivity contribution in [2.45, 2.75) is 11.8 Å². The minimum absolute atomic E-state index is 0.0513. The van der Waals surface area contributed by atoms with Crippen LogP contribution >= 0.6 is 0 Å². The average Bonchev–Trinajstić information content (AvgIpc) is 3.40. The van der Waals surface area contributed by atoms with E-state index in [1.165, 1.54) is 29.6 Å². The molecule has 0 saturated heterocycles. The summed E-state index contributed by atoms with van der Waals surface area (Å²) in [6, 6.07) is 24.3. The van der Waals surface area contributed by atoms with E-state index in [1.807, 2.05) is 41.2 Å². The van der Waals surface area contributed by atoms with Crippen LogP contribution in [0.1, 0.15) is 17.3 Å². The molecule has 1 heterocycles. The summed E-state index contributed by atoms with van der Waals surface area (Å²) in [5.41, 5.74) is 2.10. The van der Waals surface area contributed by atoms with E-state index in [0.717, 1.165) is 5.69 Å². The van der Waals surface area contributed by atoms with Crippen LogP contribution in [0.5, 0.6) is 5.75 Å². The summed E-state index contributed by atoms with van der Waals surface area (Å²) in [4.78, 5) is 13.1. The van der Waals surface area contributed by atoms with Crippen LogP contribution in [0.15, 0.2) is 102 Å². The Morgan fingerprint density at radius 1 is 0.941 bits per heavy atom. The number of carbonyl (C=O) groups is 1. The second-order valence-corrected chi connectivity index (χ2v) is 9.32. The van der Waals surface area contributed by atoms with E-state index in [2.05, 4.69) is 5.32 Å². The number of hydrogen-bond donors (Lipinski definition) is 1. The third-order valence-electron chi connectivity index (χ3n) is 5.35. The number of ether oxygens (including phenoxy) is 1. The van der Waals surface area contributed by atoms with Crippen LogP contribution in [-0.2, 0) is 10.0 Å². The Bertz CT molecular complexity index is 1380. The van der Waals surface area contributed by atoms with Crippen molar-refractivity contribution in [3.05, 3.63) is 103 Å². The Labute approximate surface area is 199 Å². The molecule has 0 aliphatic carbocycles. The van der Waals surface area contributed by atoms with Crippen LogP contribution in [0.4, 0.5) is 11.4 Å². The molecule has 174 valence electrons. The molecular formula is C26H25N3O4S. The molecule has 0 fully saturated rings. The lowest BCUT2D eigenvalue weighted by Crippen LogP contribution is -2.30. The van der Waals surface area contributed by atoms with Gasteiger partial charge in [-0.05, 0) is 67.6 Å². The van der Waals surface area contributed by atoms with E-state index < -0.39 is 10.0 Å². The Morgan fingerprint density at radius 2 is 1.68 bits per heavy atom. The molecule has 8 heteroatoms. The van der Waals surface area contributed by atoms with Crippen LogP contribution in [0.3, 0.4) is 0 Å². The highest BCUT2D eigenvalue weighted by atomic mass is 32.2. The van der Waals surface area contributed by atoms with Gasteiger partial charge in [-0.2, -0.15) is 0 Å². The number of hydrogen-bond acceptors (Lipinski definition) is 4. The number of sulfonamides is 1. The highest BCUT2D eigenvalue weighted by molar-refractivity contribution is 7.92. The summed E-state index contributed by atoms with van der Waals surface area (Å²) >= 11 is 0. The number of carbonyl (C=O) groups excluding carboxylic acids is 1. The number of aromatic nitrogens is 1. The van der Waals surface area contributed by atoms with Gasteiger partial charge in [-0.1, -0.05) is 24.3 Å². The van der Waals surface area contributed by atoms with Crippen molar-refractivity contribution in [3.63, 3.8) is 0 Å². The van der Waals surface area contributed by atoms with Crippen LogP contribution in [-0.4, -0.2) is 32.5 Å². The minimum atomic E-state index is -3.87. The van der Waals surface area contributed by atoms with E-state index in [1.54, 1.807) is 49.4 Å². The van der Waals surface area contributed by atoms with Crippen molar-refractivity contribution in [2.24, 2.45) is 0 Å². The zero-order valence-electron chi connectivity index (χ0n) is 18.9. The number of amides is 1. The number of nitrogens with zero attached hydrogens (tertiary/aromatic N) is 2. The molecule has 1 amide bonds. The number of anilines is 2. The maximum Gasteiger partial charge on any atom is 0.264 e. The van der Waals surface area contributed by atoms with E-state index in [4.69, 9.17) is 4.74 Å². The van der Waals surface area contributed by atoms with Gasteiger partial charge in [-0.25, -0.2) is 8.42 Å². The molecule has 0 aliphatic rings. The molecule has 0 radical (unpaired) electrons. The smallest absolute Gasteiger partial charge is 0.264 e. The first kappa shape index (κ1) is 23.1. The SMILES string of the molecule is CCN(c1ccccc1)S(=O)(=O)c1ccc(OC)c(NC(=O)c2cccc(-n3cccc3)c2)c1. The lowest BCUT2D eigenvalue weighted by atomic mass is 10.1. The Morgan fingerprint density at radius 3 is 2.35 bits per heavy atom. The lowest BCUT2D eigenvalue weighted by Gasteiger charge is -2.23. The third-order valence-corrected chi connectivity index (χ3v) is 7.25. The predicted molar refractivity (Wildman–Crippen MR) is 133 cm³/mol. The number of para-hydroxylation sites is 1. The monoisotopic (exact) mass is 475 g/mol. The zero-order chi connectivity index (χ0) is 24.1. The predicted octanol–water partition coefficient (Wildman–Crippen LogP) is 4.95. The minimum Gasteiger partial charge on any atom is -0.495 e. The molecule has 4 rings (SSSR count). The van der Waals surface area contributed by atoms with Gasteiger partial charge in [0, 0.05) is 30.2 Å². The normalized spacial score (nSPS) is 11.1. The van der Waals surface area contributed by atoms with Crippen molar-refractivity contribution in [2.75, 3.05) is 23.3 Å². The van der Waals surface area contributed by atoms with Crippen molar-refractivity contribution >= 4 is 27.3 Å². The summed E-state index contributed by atoms with van der Waals surface area (Å²) in [5, 5.41) is 2.80. The molecule has 4 aromatic rings. The maximum atomic E-state index is 13.4. The summed E-state index contributed by atoms with van der Waals surface area (Å²) < 4.78 is 35.4. The number of benzene rings is 3. The van der Waals surface area contributed by atoms with E-state index in [9.17, 15) is 13.2 Å². The van der Waals surface area contributed by atoms with Gasteiger partial charge in [0.2, 0.25) is 0 Å². The van der Waals surface area contributed by atoms with Gasteiger partial charge in [0.25, 0.3) is 15.9 Å². The summed E-state index contributed by atoms with van der Waals surface area (Å²) in [7, 11) is -2.40. The van der Waals surface area contributed by atoms with Gasteiger partial charge in [0.15, 0.2) is 0 Å². The molecule has 0 bridgehead atoms. The van der Waals surface area contributed by atoms with Crippen molar-refractivity contribution in [3.8, 4) is 11.4 Å². The zero-order valence-corrected chi connectivity index (χ0v) is 19.7. The van der Waals surface area contributed by atoms with Crippen LogP contribution in [0.25, 0.3) is 5.69 Å². The van der Waals surface area contributed by atoms with Crippen molar-refractivity contribution < 1.29 is 17.9 Å². The molecule has 0 saturated carbocycles. The van der Waals surface area contributed by atoms with Gasteiger partial charge < -0.3 is 14.6 Å². The fraction of sp³-hybridized carbons (Fsp3) is 0.115. The molecule has 0 aliphatic heterocycles. The van der Waals surface area contributed by atoms with Crippen LogP contribution in [0, 0.1) is 0 Å². The number of nitrogens with one attached hydrogen (secondary N) is 1. The summed E-state index contributed by atoms with van der Waals surface area (Å²) in [6.07, 6.45) is 3.78. The van der Waals surface area contributed by atoms with Gasteiger partial charge in [0.05, 0.1) is 23.4 Å². The molecule has 1 N–H and O–H groups in total. The van der Waals surface area contributed by atoms with Crippen LogP contribution in [0.2, 0.25) is 0 Å². The third kappa shape index (κ3) is 4.67. The summed E-state index contributed by atoms with van der Waals surface area (Å²) in [6.45, 7) is 2.03. The molecule has 0 spiro atoms. The fourth-order valence-corrected chi connectivity index (χ4v) is 5.17. The fourth-order valence-electron chi connectivity index (χ4n) is 3.67. The van der Waals surface area contributed by atoms with Gasteiger partial charge >= 0.3 is 0 Å². The van der Waals surface area contributed by atoms with E-state index >= 15 is 0 Å². The largest absolute Gasteiger partial charge is 0.495 e. The molecular weight excluding hydrogens is 450 g/mol. The molecule has 1 aromatic heterocycles.